The molecule has 0 spiro atoms. The summed E-state index contributed by atoms with van der Waals surface area (Å²) in [7, 11) is 0. The summed E-state index contributed by atoms with van der Waals surface area (Å²) in [5.74, 6) is 0.814. The first-order valence-corrected chi connectivity index (χ1v) is 8.44. The highest BCUT2D eigenvalue weighted by molar-refractivity contribution is 5.91. The summed E-state index contributed by atoms with van der Waals surface area (Å²) in [6.07, 6.45) is 5.62. The molecule has 0 saturated heterocycles. The van der Waals surface area contributed by atoms with Gasteiger partial charge < -0.3 is 15.6 Å². The highest BCUT2D eigenvalue weighted by atomic mass is 16.5. The molecule has 8 heteroatoms. The van der Waals surface area contributed by atoms with Crippen LogP contribution in [0.3, 0.4) is 0 Å². The van der Waals surface area contributed by atoms with Gasteiger partial charge in [0.2, 0.25) is 0 Å². The van der Waals surface area contributed by atoms with Crippen LogP contribution in [0.4, 0.5) is 0 Å². The van der Waals surface area contributed by atoms with Gasteiger partial charge in [-0.2, -0.15) is 0 Å². The van der Waals surface area contributed by atoms with Crippen molar-refractivity contribution in [3.8, 4) is 0 Å². The molecule has 0 aromatic carbocycles. The van der Waals surface area contributed by atoms with E-state index in [9.17, 15) is 4.79 Å². The Morgan fingerprint density at radius 1 is 1.42 bits per heavy atom. The lowest BCUT2D eigenvalue weighted by molar-refractivity contribution is 0.0945. The lowest BCUT2D eigenvalue weighted by Gasteiger charge is -2.25. The van der Waals surface area contributed by atoms with Crippen molar-refractivity contribution in [2.45, 2.75) is 64.1 Å². The minimum Gasteiger partial charge on any atom is -0.361 e. The van der Waals surface area contributed by atoms with Gasteiger partial charge >= 0.3 is 0 Å². The van der Waals surface area contributed by atoms with E-state index in [4.69, 9.17) is 10.3 Å². The van der Waals surface area contributed by atoms with Crippen LogP contribution in [0, 0.1) is 0 Å². The number of hydrogen-bond donors (Lipinski definition) is 2. The highest BCUT2D eigenvalue weighted by Gasteiger charge is 2.22. The van der Waals surface area contributed by atoms with Crippen molar-refractivity contribution in [1.82, 2.24) is 25.5 Å². The smallest absolute Gasteiger partial charge is 0.273 e. The zero-order chi connectivity index (χ0) is 17.1. The molecule has 3 N–H and O–H groups in total. The van der Waals surface area contributed by atoms with Crippen LogP contribution < -0.4 is 11.1 Å². The van der Waals surface area contributed by atoms with Gasteiger partial charge in [-0.05, 0) is 25.7 Å². The Hall–Kier alpha value is -2.22. The van der Waals surface area contributed by atoms with E-state index < -0.39 is 0 Å². The quantitative estimate of drug-likeness (QED) is 0.863. The summed E-state index contributed by atoms with van der Waals surface area (Å²) in [6.45, 7) is 4.36. The van der Waals surface area contributed by atoms with E-state index >= 15 is 0 Å². The van der Waals surface area contributed by atoms with Crippen molar-refractivity contribution in [2.75, 3.05) is 0 Å². The largest absolute Gasteiger partial charge is 0.361 e. The van der Waals surface area contributed by atoms with Crippen molar-refractivity contribution in [3.05, 3.63) is 29.4 Å². The van der Waals surface area contributed by atoms with Crippen LogP contribution in [-0.2, 0) is 6.54 Å². The zero-order valence-corrected chi connectivity index (χ0v) is 14.1. The third-order valence-corrected chi connectivity index (χ3v) is 4.43. The maximum Gasteiger partial charge on any atom is 0.273 e. The molecule has 0 aliphatic heterocycles. The average Bonchev–Trinajstić information content (AvgIpc) is 3.23. The topological polar surface area (TPSA) is 112 Å². The van der Waals surface area contributed by atoms with E-state index in [2.05, 4.69) is 20.8 Å². The summed E-state index contributed by atoms with van der Waals surface area (Å²) >= 11 is 0. The molecule has 1 saturated carbocycles. The summed E-state index contributed by atoms with van der Waals surface area (Å²) in [5, 5.41) is 14.8. The Labute approximate surface area is 140 Å². The molecule has 3 rings (SSSR count). The molecule has 8 nitrogen and oxygen atoms in total. The van der Waals surface area contributed by atoms with Crippen LogP contribution in [0.25, 0.3) is 0 Å². The predicted octanol–water partition coefficient (Wildman–Crippen LogP) is 1.76. The summed E-state index contributed by atoms with van der Waals surface area (Å²) in [4.78, 5) is 12.2. The number of aromatic nitrogens is 4. The zero-order valence-electron chi connectivity index (χ0n) is 14.1. The number of amides is 1. The molecule has 0 unspecified atom stereocenters. The van der Waals surface area contributed by atoms with E-state index in [-0.39, 0.29) is 23.9 Å². The third kappa shape index (κ3) is 3.81. The van der Waals surface area contributed by atoms with E-state index in [1.165, 1.54) is 0 Å². The predicted molar refractivity (Wildman–Crippen MR) is 87.3 cm³/mol. The van der Waals surface area contributed by atoms with E-state index in [0.717, 1.165) is 31.4 Å². The maximum absolute atomic E-state index is 12.2. The van der Waals surface area contributed by atoms with Crippen LogP contribution in [0.15, 0.2) is 16.8 Å². The van der Waals surface area contributed by atoms with Crippen molar-refractivity contribution < 1.29 is 9.32 Å². The van der Waals surface area contributed by atoms with Gasteiger partial charge in [0.05, 0.1) is 18.8 Å². The van der Waals surface area contributed by atoms with Gasteiger partial charge in [0.25, 0.3) is 5.91 Å². The van der Waals surface area contributed by atoms with Crippen molar-refractivity contribution >= 4 is 5.91 Å². The number of hydrogen-bond acceptors (Lipinski definition) is 6. The summed E-state index contributed by atoms with van der Waals surface area (Å²) in [6, 6.07) is 2.42. The average molecular weight is 332 g/mol. The van der Waals surface area contributed by atoms with Gasteiger partial charge in [-0.3, -0.25) is 4.79 Å². The van der Waals surface area contributed by atoms with Crippen molar-refractivity contribution in [1.29, 1.82) is 0 Å². The van der Waals surface area contributed by atoms with Crippen LogP contribution in [0.1, 0.15) is 73.4 Å². The van der Waals surface area contributed by atoms with Gasteiger partial charge in [0.15, 0.2) is 5.69 Å². The molecule has 2 aromatic rings. The summed E-state index contributed by atoms with van der Waals surface area (Å²) in [5.41, 5.74) is 6.93. The summed E-state index contributed by atoms with van der Waals surface area (Å²) < 4.78 is 7.00. The fraction of sp³-hybridized carbons (Fsp3) is 0.625. The van der Waals surface area contributed by atoms with Gasteiger partial charge in [-0.1, -0.05) is 24.2 Å². The SMILES string of the molecule is CC(C)c1cc(CNC(=O)c2cn(C3CCC(N)CC3)nn2)no1. The molecule has 2 heterocycles. The van der Waals surface area contributed by atoms with Crippen LogP contribution in [-0.4, -0.2) is 32.1 Å². The minimum absolute atomic E-state index is 0.261. The molecule has 1 aliphatic carbocycles. The first-order chi connectivity index (χ1) is 11.5. The number of rotatable bonds is 5. The standard InChI is InChI=1S/C16H24N6O2/c1-10(2)15-7-12(20-24-15)8-18-16(23)14-9-22(21-19-14)13-5-3-11(17)4-6-13/h7,9-11,13H,3-6,8,17H2,1-2H3,(H,18,23). The number of nitrogens with two attached hydrogens (primary N) is 1. The second-order valence-electron chi connectivity index (χ2n) is 6.71. The minimum atomic E-state index is -0.261. The number of nitrogens with one attached hydrogen (secondary N) is 1. The molecule has 130 valence electrons. The fourth-order valence-corrected chi connectivity index (χ4v) is 2.87. The van der Waals surface area contributed by atoms with Gasteiger partial charge in [0, 0.05) is 18.0 Å². The van der Waals surface area contributed by atoms with E-state index in [0.29, 0.717) is 17.9 Å². The van der Waals surface area contributed by atoms with Crippen LogP contribution >= 0.6 is 0 Å². The molecule has 0 atom stereocenters. The first-order valence-electron chi connectivity index (χ1n) is 8.44. The lowest BCUT2D eigenvalue weighted by atomic mass is 9.92. The molecule has 0 bridgehead atoms. The van der Waals surface area contributed by atoms with Crippen LogP contribution in [0.2, 0.25) is 0 Å². The van der Waals surface area contributed by atoms with Gasteiger partial charge in [-0.25, -0.2) is 4.68 Å². The molecular weight excluding hydrogens is 308 g/mol. The molecule has 0 radical (unpaired) electrons. The monoisotopic (exact) mass is 332 g/mol. The van der Waals surface area contributed by atoms with Gasteiger partial charge in [-0.15, -0.1) is 5.10 Å². The maximum atomic E-state index is 12.2. The third-order valence-electron chi connectivity index (χ3n) is 4.43. The van der Waals surface area contributed by atoms with Crippen molar-refractivity contribution in [2.24, 2.45) is 5.73 Å². The Kier molecular flexibility index (Phi) is 4.94. The first kappa shape index (κ1) is 16.6. The lowest BCUT2D eigenvalue weighted by Crippen LogP contribution is -2.28. The number of carbonyl (C=O) groups excluding carboxylic acids is 1. The normalized spacial score (nSPS) is 21.2. The Morgan fingerprint density at radius 3 is 2.83 bits per heavy atom. The second-order valence-corrected chi connectivity index (χ2v) is 6.71. The molecular formula is C16H24N6O2. The second kappa shape index (κ2) is 7.12. The molecule has 24 heavy (non-hydrogen) atoms. The number of nitrogens with zero attached hydrogens (tertiary/aromatic N) is 4. The molecule has 1 fully saturated rings. The highest BCUT2D eigenvalue weighted by Crippen LogP contribution is 2.26. The molecule has 2 aromatic heterocycles. The van der Waals surface area contributed by atoms with E-state index in [1.54, 1.807) is 10.9 Å². The molecule has 1 aliphatic rings. The Balaban J connectivity index is 1.55. The Bertz CT molecular complexity index is 684. The fourth-order valence-electron chi connectivity index (χ4n) is 2.87. The van der Waals surface area contributed by atoms with E-state index in [1.807, 2.05) is 19.9 Å². The Morgan fingerprint density at radius 2 is 2.17 bits per heavy atom. The molecule has 1 amide bonds. The number of carbonyl (C=O) groups is 1. The van der Waals surface area contributed by atoms with Crippen LogP contribution in [0.5, 0.6) is 0 Å². The van der Waals surface area contributed by atoms with Gasteiger partial charge in [0.1, 0.15) is 11.5 Å². The van der Waals surface area contributed by atoms with Crippen molar-refractivity contribution in [3.63, 3.8) is 0 Å².